The van der Waals surface area contributed by atoms with E-state index in [4.69, 9.17) is 5.53 Å². The zero-order valence-corrected chi connectivity index (χ0v) is 7.79. The van der Waals surface area contributed by atoms with Crippen LogP contribution in [0.1, 0.15) is 51.9 Å². The van der Waals surface area contributed by atoms with E-state index in [0.717, 1.165) is 12.8 Å². The molecule has 1 aliphatic carbocycles. The van der Waals surface area contributed by atoms with Crippen LogP contribution < -0.4 is 0 Å². The van der Waals surface area contributed by atoms with Gasteiger partial charge in [0.25, 0.3) is 0 Å². The highest BCUT2D eigenvalue weighted by Gasteiger charge is 2.22. The first kappa shape index (κ1) is 9.40. The Kier molecular flexibility index (Phi) is 3.42. The number of hydrogen-bond donors (Lipinski definition) is 0. The summed E-state index contributed by atoms with van der Waals surface area (Å²) in [5.41, 5.74) is 8.32. The lowest BCUT2D eigenvalue weighted by Crippen LogP contribution is -2.21. The zero-order chi connectivity index (χ0) is 8.86. The Morgan fingerprint density at radius 1 is 1.08 bits per heavy atom. The van der Waals surface area contributed by atoms with Crippen LogP contribution in [0.3, 0.4) is 0 Å². The molecule has 0 spiro atoms. The third-order valence-corrected chi connectivity index (χ3v) is 2.72. The van der Waals surface area contributed by atoms with Crippen LogP contribution in [0.5, 0.6) is 0 Å². The predicted molar refractivity (Wildman–Crippen MR) is 49.9 cm³/mol. The van der Waals surface area contributed by atoms with Crippen LogP contribution >= 0.6 is 0 Å². The van der Waals surface area contributed by atoms with Crippen molar-refractivity contribution in [3.63, 3.8) is 0 Å². The van der Waals surface area contributed by atoms with E-state index in [2.05, 4.69) is 16.9 Å². The predicted octanol–water partition coefficient (Wildman–Crippen LogP) is 3.80. The summed E-state index contributed by atoms with van der Waals surface area (Å²) in [5, 5.41) is 3.90. The fourth-order valence-corrected chi connectivity index (χ4v) is 1.87. The van der Waals surface area contributed by atoms with Crippen molar-refractivity contribution in [2.24, 2.45) is 5.11 Å². The van der Waals surface area contributed by atoms with Gasteiger partial charge in [-0.3, -0.25) is 0 Å². The highest BCUT2D eigenvalue weighted by Crippen LogP contribution is 2.29. The molecule has 68 valence electrons. The van der Waals surface area contributed by atoms with Gasteiger partial charge in [-0.1, -0.05) is 44.1 Å². The first-order valence-electron chi connectivity index (χ1n) is 4.83. The Hall–Kier alpha value is -0.690. The van der Waals surface area contributed by atoms with Gasteiger partial charge in [-0.15, -0.1) is 0 Å². The van der Waals surface area contributed by atoms with Crippen LogP contribution in [0.25, 0.3) is 10.4 Å². The first-order valence-corrected chi connectivity index (χ1v) is 4.83. The molecule has 0 atom stereocenters. The van der Waals surface area contributed by atoms with E-state index in [-0.39, 0.29) is 5.54 Å². The fourth-order valence-electron chi connectivity index (χ4n) is 1.87. The molecule has 0 heterocycles. The standard InChI is InChI=1S/C9H17N3/c1-9(11-12-10)7-5-3-2-4-6-8-9/h2-8H2,1H3. The maximum absolute atomic E-state index is 8.40. The summed E-state index contributed by atoms with van der Waals surface area (Å²) in [5.74, 6) is 0. The van der Waals surface area contributed by atoms with Crippen molar-refractivity contribution in [3.8, 4) is 0 Å². The molecule has 1 aliphatic rings. The van der Waals surface area contributed by atoms with Crippen molar-refractivity contribution in [1.82, 2.24) is 0 Å². The minimum Gasteiger partial charge on any atom is -0.0876 e. The molecule has 0 aliphatic heterocycles. The minimum atomic E-state index is -0.0881. The number of rotatable bonds is 1. The maximum Gasteiger partial charge on any atom is 0.0460 e. The Morgan fingerprint density at radius 3 is 2.08 bits per heavy atom. The molecule has 0 amide bonds. The lowest BCUT2D eigenvalue weighted by atomic mass is 9.86. The van der Waals surface area contributed by atoms with Crippen molar-refractivity contribution >= 4 is 0 Å². The van der Waals surface area contributed by atoms with E-state index in [0.29, 0.717) is 0 Å². The van der Waals surface area contributed by atoms with Crippen molar-refractivity contribution in [1.29, 1.82) is 0 Å². The van der Waals surface area contributed by atoms with E-state index >= 15 is 0 Å². The minimum absolute atomic E-state index is 0.0881. The SMILES string of the molecule is CC1(N=[N+]=[N-])CCCCCCC1. The number of hydrogen-bond acceptors (Lipinski definition) is 1. The van der Waals surface area contributed by atoms with Crippen molar-refractivity contribution in [3.05, 3.63) is 10.4 Å². The topological polar surface area (TPSA) is 48.8 Å². The molecule has 3 heteroatoms. The molecule has 3 nitrogen and oxygen atoms in total. The van der Waals surface area contributed by atoms with Gasteiger partial charge >= 0.3 is 0 Å². The molecule has 0 bridgehead atoms. The molecule has 0 aromatic carbocycles. The van der Waals surface area contributed by atoms with Gasteiger partial charge in [0, 0.05) is 10.5 Å². The average Bonchev–Trinajstić information content (AvgIpc) is 1.99. The van der Waals surface area contributed by atoms with E-state index in [9.17, 15) is 0 Å². The lowest BCUT2D eigenvalue weighted by molar-refractivity contribution is 0.342. The van der Waals surface area contributed by atoms with Crippen LogP contribution in [0, 0.1) is 0 Å². The Morgan fingerprint density at radius 2 is 1.58 bits per heavy atom. The molecule has 12 heavy (non-hydrogen) atoms. The summed E-state index contributed by atoms with van der Waals surface area (Å²) in [6.07, 6.45) is 8.53. The molecule has 0 aromatic heterocycles. The molecule has 0 radical (unpaired) electrons. The van der Waals surface area contributed by atoms with Gasteiger partial charge in [-0.2, -0.15) is 0 Å². The molecule has 1 fully saturated rings. The van der Waals surface area contributed by atoms with Gasteiger partial charge in [0.05, 0.1) is 0 Å². The number of azide groups is 1. The van der Waals surface area contributed by atoms with Gasteiger partial charge in [0.1, 0.15) is 0 Å². The summed E-state index contributed by atoms with van der Waals surface area (Å²) in [7, 11) is 0. The zero-order valence-electron chi connectivity index (χ0n) is 7.79. The molecular formula is C9H17N3. The Balaban J connectivity index is 2.53. The molecule has 0 N–H and O–H groups in total. The van der Waals surface area contributed by atoms with Crippen LogP contribution in [-0.4, -0.2) is 5.54 Å². The lowest BCUT2D eigenvalue weighted by Gasteiger charge is -2.25. The van der Waals surface area contributed by atoms with Crippen LogP contribution in [0.15, 0.2) is 5.11 Å². The highest BCUT2D eigenvalue weighted by atomic mass is 15.2. The van der Waals surface area contributed by atoms with Crippen molar-refractivity contribution in [2.75, 3.05) is 0 Å². The first-order chi connectivity index (χ1) is 5.77. The molecule has 0 saturated heterocycles. The summed E-state index contributed by atoms with van der Waals surface area (Å²) in [6, 6.07) is 0. The maximum atomic E-state index is 8.40. The molecule has 1 saturated carbocycles. The fraction of sp³-hybridized carbons (Fsp3) is 1.00. The summed E-state index contributed by atoms with van der Waals surface area (Å²) in [6.45, 7) is 2.08. The quantitative estimate of drug-likeness (QED) is 0.324. The average molecular weight is 167 g/mol. The Bertz CT molecular complexity index is 174. The van der Waals surface area contributed by atoms with E-state index in [1.165, 1.54) is 32.1 Å². The second kappa shape index (κ2) is 4.36. The summed E-state index contributed by atoms with van der Waals surface area (Å²) in [4.78, 5) is 2.93. The van der Waals surface area contributed by atoms with Crippen molar-refractivity contribution < 1.29 is 0 Å². The number of nitrogens with zero attached hydrogens (tertiary/aromatic N) is 3. The Labute approximate surface area is 73.8 Å². The van der Waals surface area contributed by atoms with Gasteiger partial charge in [-0.25, -0.2) is 0 Å². The van der Waals surface area contributed by atoms with Gasteiger partial charge in [-0.05, 0) is 18.4 Å². The van der Waals surface area contributed by atoms with Gasteiger partial charge < -0.3 is 0 Å². The smallest absolute Gasteiger partial charge is 0.0460 e. The van der Waals surface area contributed by atoms with Crippen LogP contribution in [-0.2, 0) is 0 Å². The molecule has 0 aromatic rings. The highest BCUT2D eigenvalue weighted by molar-refractivity contribution is 4.84. The second-order valence-electron chi connectivity index (χ2n) is 3.95. The van der Waals surface area contributed by atoms with E-state index in [1.54, 1.807) is 0 Å². The van der Waals surface area contributed by atoms with E-state index < -0.39 is 0 Å². The molecule has 0 unspecified atom stereocenters. The van der Waals surface area contributed by atoms with E-state index in [1.807, 2.05) is 0 Å². The van der Waals surface area contributed by atoms with Gasteiger partial charge in [0.15, 0.2) is 0 Å². The molecular weight excluding hydrogens is 150 g/mol. The van der Waals surface area contributed by atoms with Crippen LogP contribution in [0.4, 0.5) is 0 Å². The normalized spacial score (nSPS) is 23.4. The largest absolute Gasteiger partial charge is 0.0876 e. The van der Waals surface area contributed by atoms with Crippen molar-refractivity contribution in [2.45, 2.75) is 57.4 Å². The third kappa shape index (κ3) is 2.74. The summed E-state index contributed by atoms with van der Waals surface area (Å²) < 4.78 is 0. The summed E-state index contributed by atoms with van der Waals surface area (Å²) >= 11 is 0. The van der Waals surface area contributed by atoms with Gasteiger partial charge in [0.2, 0.25) is 0 Å². The second-order valence-corrected chi connectivity index (χ2v) is 3.95. The van der Waals surface area contributed by atoms with Crippen LogP contribution in [0.2, 0.25) is 0 Å². The molecule has 1 rings (SSSR count). The third-order valence-electron chi connectivity index (χ3n) is 2.72. The monoisotopic (exact) mass is 167 g/mol.